The second-order valence-electron chi connectivity index (χ2n) is 4.82. The highest BCUT2D eigenvalue weighted by Gasteiger charge is 2.43. The van der Waals surface area contributed by atoms with Crippen molar-refractivity contribution < 1.29 is 4.74 Å². The normalized spacial score (nSPS) is 23.1. The first kappa shape index (κ1) is 12.0. The molecule has 0 aliphatic carbocycles. The molecule has 0 amide bonds. The summed E-state index contributed by atoms with van der Waals surface area (Å²) < 4.78 is 5.68. The number of hydrogen-bond donors (Lipinski definition) is 0. The van der Waals surface area contributed by atoms with E-state index in [4.69, 9.17) is 4.74 Å². The number of methoxy groups -OCH3 is 1. The largest absolute Gasteiger partial charge is 0.376 e. The molecule has 0 aromatic carbocycles. The lowest BCUT2D eigenvalue weighted by Crippen LogP contribution is -2.63. The van der Waals surface area contributed by atoms with Crippen LogP contribution in [0.2, 0.25) is 0 Å². The van der Waals surface area contributed by atoms with E-state index in [2.05, 4.69) is 25.7 Å². The molecule has 2 nitrogen and oxygen atoms in total. The molecule has 0 radical (unpaired) electrons. The van der Waals surface area contributed by atoms with Gasteiger partial charge >= 0.3 is 0 Å². The van der Waals surface area contributed by atoms with Crippen LogP contribution in [0.1, 0.15) is 40.0 Å². The Hall–Kier alpha value is -0.0800. The topological polar surface area (TPSA) is 12.5 Å². The van der Waals surface area contributed by atoms with Crippen LogP contribution in [0.4, 0.5) is 0 Å². The van der Waals surface area contributed by atoms with Crippen molar-refractivity contribution in [3.8, 4) is 0 Å². The van der Waals surface area contributed by atoms with Gasteiger partial charge in [-0.1, -0.05) is 27.2 Å². The summed E-state index contributed by atoms with van der Waals surface area (Å²) in [6.07, 6.45) is 3.74. The minimum atomic E-state index is 0.185. The van der Waals surface area contributed by atoms with Crippen molar-refractivity contribution in [1.29, 1.82) is 0 Å². The number of rotatable bonds is 6. The van der Waals surface area contributed by atoms with Crippen molar-refractivity contribution in [3.63, 3.8) is 0 Å². The van der Waals surface area contributed by atoms with Crippen LogP contribution in [0.3, 0.4) is 0 Å². The quantitative estimate of drug-likeness (QED) is 0.652. The van der Waals surface area contributed by atoms with Gasteiger partial charge in [0.05, 0.1) is 5.60 Å². The first-order valence-electron chi connectivity index (χ1n) is 5.93. The summed E-state index contributed by atoms with van der Waals surface area (Å²) in [6, 6.07) is 0. The van der Waals surface area contributed by atoms with E-state index in [1.165, 1.54) is 25.8 Å². The van der Waals surface area contributed by atoms with Gasteiger partial charge in [-0.05, 0) is 25.3 Å². The Balaban J connectivity index is 2.33. The molecule has 1 aliphatic heterocycles. The van der Waals surface area contributed by atoms with E-state index in [-0.39, 0.29) is 5.60 Å². The van der Waals surface area contributed by atoms with E-state index in [9.17, 15) is 0 Å². The first-order valence-corrected chi connectivity index (χ1v) is 5.93. The Morgan fingerprint density at radius 1 is 1.36 bits per heavy atom. The zero-order chi connectivity index (χ0) is 10.6. The van der Waals surface area contributed by atoms with Crippen LogP contribution in [0.15, 0.2) is 0 Å². The van der Waals surface area contributed by atoms with E-state index in [1.807, 2.05) is 7.11 Å². The van der Waals surface area contributed by atoms with E-state index in [0.717, 1.165) is 19.0 Å². The lowest BCUT2D eigenvalue weighted by atomic mass is 9.83. The number of hydrogen-bond acceptors (Lipinski definition) is 2. The predicted molar refractivity (Wildman–Crippen MR) is 60.5 cm³/mol. The fraction of sp³-hybridized carbons (Fsp3) is 1.00. The molecule has 1 rings (SSSR count). The summed E-state index contributed by atoms with van der Waals surface area (Å²) >= 11 is 0. The highest BCUT2D eigenvalue weighted by atomic mass is 16.5. The molecule has 1 atom stereocenters. The van der Waals surface area contributed by atoms with Gasteiger partial charge in [-0.25, -0.2) is 0 Å². The van der Waals surface area contributed by atoms with Gasteiger partial charge in [0.2, 0.25) is 0 Å². The molecule has 0 aromatic rings. The van der Waals surface area contributed by atoms with Crippen LogP contribution < -0.4 is 0 Å². The summed E-state index contributed by atoms with van der Waals surface area (Å²) in [5, 5.41) is 0. The molecule has 1 fully saturated rings. The molecule has 2 heteroatoms. The van der Waals surface area contributed by atoms with E-state index in [0.29, 0.717) is 0 Å². The number of ether oxygens (including phenoxy) is 1. The van der Waals surface area contributed by atoms with Gasteiger partial charge in [-0.15, -0.1) is 0 Å². The van der Waals surface area contributed by atoms with Crippen molar-refractivity contribution in [1.82, 2.24) is 4.90 Å². The van der Waals surface area contributed by atoms with Crippen LogP contribution in [0.25, 0.3) is 0 Å². The Morgan fingerprint density at radius 2 is 2.00 bits per heavy atom. The van der Waals surface area contributed by atoms with Crippen LogP contribution in [0.5, 0.6) is 0 Å². The van der Waals surface area contributed by atoms with E-state index < -0.39 is 0 Å². The van der Waals surface area contributed by atoms with Gasteiger partial charge in [0, 0.05) is 20.2 Å². The van der Waals surface area contributed by atoms with Crippen molar-refractivity contribution in [3.05, 3.63) is 0 Å². The molecule has 1 saturated heterocycles. The van der Waals surface area contributed by atoms with Crippen LogP contribution in [-0.2, 0) is 4.74 Å². The van der Waals surface area contributed by atoms with Crippen LogP contribution in [0, 0.1) is 5.92 Å². The van der Waals surface area contributed by atoms with Gasteiger partial charge in [0.15, 0.2) is 0 Å². The fourth-order valence-corrected chi connectivity index (χ4v) is 2.36. The summed E-state index contributed by atoms with van der Waals surface area (Å²) in [5.41, 5.74) is 0.185. The second-order valence-corrected chi connectivity index (χ2v) is 4.82. The summed E-state index contributed by atoms with van der Waals surface area (Å²) in [7, 11) is 1.87. The molecule has 1 heterocycles. The average molecular weight is 199 g/mol. The molecule has 14 heavy (non-hydrogen) atoms. The predicted octanol–water partition coefficient (Wildman–Crippen LogP) is 2.53. The maximum atomic E-state index is 5.68. The van der Waals surface area contributed by atoms with Crippen molar-refractivity contribution in [2.45, 2.75) is 45.6 Å². The maximum absolute atomic E-state index is 5.68. The molecule has 84 valence electrons. The highest BCUT2D eigenvalue weighted by molar-refractivity contribution is 4.97. The molecule has 0 aromatic heterocycles. The Kier molecular flexibility index (Phi) is 4.39. The zero-order valence-electron chi connectivity index (χ0n) is 10.2. The molecular weight excluding hydrogens is 174 g/mol. The summed E-state index contributed by atoms with van der Waals surface area (Å²) in [6.45, 7) is 10.3. The molecular formula is C12H25NO. The van der Waals surface area contributed by atoms with Crippen LogP contribution in [-0.4, -0.2) is 37.2 Å². The van der Waals surface area contributed by atoms with Gasteiger partial charge in [-0.3, -0.25) is 4.90 Å². The standard InChI is InChI=1S/C12H25NO/c1-5-7-13-9-12(10-13,14-4)8-11(3)6-2/h11H,5-10H2,1-4H3. The zero-order valence-corrected chi connectivity index (χ0v) is 10.2. The molecule has 0 saturated carbocycles. The fourth-order valence-electron chi connectivity index (χ4n) is 2.36. The molecule has 1 aliphatic rings. The number of likely N-dealkylation sites (tertiary alicyclic amines) is 1. The van der Waals surface area contributed by atoms with Crippen molar-refractivity contribution in [2.75, 3.05) is 26.7 Å². The Labute approximate surface area is 88.6 Å². The first-order chi connectivity index (χ1) is 6.65. The third kappa shape index (κ3) is 2.71. The van der Waals surface area contributed by atoms with Crippen LogP contribution >= 0.6 is 0 Å². The SMILES string of the molecule is CCCN1CC(CC(C)CC)(OC)C1. The third-order valence-electron chi connectivity index (χ3n) is 3.41. The number of nitrogens with zero attached hydrogens (tertiary/aromatic N) is 1. The maximum Gasteiger partial charge on any atom is 0.0933 e. The lowest BCUT2D eigenvalue weighted by molar-refractivity contribution is -0.135. The minimum absolute atomic E-state index is 0.185. The molecule has 1 unspecified atom stereocenters. The highest BCUT2D eigenvalue weighted by Crippen LogP contribution is 2.32. The lowest BCUT2D eigenvalue weighted by Gasteiger charge is -2.50. The third-order valence-corrected chi connectivity index (χ3v) is 3.41. The van der Waals surface area contributed by atoms with Gasteiger partial charge in [0.1, 0.15) is 0 Å². The monoisotopic (exact) mass is 199 g/mol. The minimum Gasteiger partial charge on any atom is -0.376 e. The smallest absolute Gasteiger partial charge is 0.0933 e. The van der Waals surface area contributed by atoms with E-state index in [1.54, 1.807) is 0 Å². The van der Waals surface area contributed by atoms with E-state index >= 15 is 0 Å². The van der Waals surface area contributed by atoms with Crippen molar-refractivity contribution in [2.24, 2.45) is 5.92 Å². The molecule has 0 N–H and O–H groups in total. The Bertz CT molecular complexity index is 164. The Morgan fingerprint density at radius 3 is 2.43 bits per heavy atom. The average Bonchev–Trinajstić information content (AvgIpc) is 2.14. The van der Waals surface area contributed by atoms with Gasteiger partial charge in [-0.2, -0.15) is 0 Å². The second kappa shape index (κ2) is 5.13. The summed E-state index contributed by atoms with van der Waals surface area (Å²) in [5.74, 6) is 0.790. The molecule has 0 bridgehead atoms. The van der Waals surface area contributed by atoms with Gasteiger partial charge < -0.3 is 4.74 Å². The summed E-state index contributed by atoms with van der Waals surface area (Å²) in [4.78, 5) is 2.49. The molecule has 0 spiro atoms. The van der Waals surface area contributed by atoms with Crippen molar-refractivity contribution >= 4 is 0 Å². The van der Waals surface area contributed by atoms with Gasteiger partial charge in [0.25, 0.3) is 0 Å².